The van der Waals surface area contributed by atoms with Crippen molar-refractivity contribution in [3.8, 4) is 0 Å². The molecule has 1 saturated heterocycles. The summed E-state index contributed by atoms with van der Waals surface area (Å²) in [4.78, 5) is 21.4. The number of rotatable bonds is 7. The molecule has 0 unspecified atom stereocenters. The fourth-order valence-electron chi connectivity index (χ4n) is 3.75. The lowest BCUT2D eigenvalue weighted by Gasteiger charge is -2.38. The van der Waals surface area contributed by atoms with Crippen molar-refractivity contribution in [2.45, 2.75) is 39.7 Å². The number of amides is 1. The van der Waals surface area contributed by atoms with Gasteiger partial charge in [-0.25, -0.2) is 9.38 Å². The van der Waals surface area contributed by atoms with Gasteiger partial charge in [-0.1, -0.05) is 18.6 Å². The summed E-state index contributed by atoms with van der Waals surface area (Å²) < 4.78 is 13.4. The zero-order valence-corrected chi connectivity index (χ0v) is 20.5. The number of carbonyl (C=O) groups is 1. The van der Waals surface area contributed by atoms with Crippen LogP contribution in [0.1, 0.15) is 37.3 Å². The molecule has 6 nitrogen and oxygen atoms in total. The van der Waals surface area contributed by atoms with Gasteiger partial charge in [-0.05, 0) is 43.9 Å². The van der Waals surface area contributed by atoms with Crippen molar-refractivity contribution in [3.05, 3.63) is 35.1 Å². The Morgan fingerprint density at radius 3 is 2.53 bits per heavy atom. The molecular formula is C22H35FIN5O. The molecule has 0 aromatic heterocycles. The van der Waals surface area contributed by atoms with Crippen LogP contribution in [-0.4, -0.2) is 67.5 Å². The van der Waals surface area contributed by atoms with Gasteiger partial charge in [-0.15, -0.1) is 24.0 Å². The third kappa shape index (κ3) is 7.08. The molecular weight excluding hydrogens is 496 g/mol. The van der Waals surface area contributed by atoms with E-state index in [4.69, 9.17) is 0 Å². The lowest BCUT2D eigenvalue weighted by Crippen LogP contribution is -2.52. The van der Waals surface area contributed by atoms with Crippen molar-refractivity contribution in [3.63, 3.8) is 0 Å². The number of piperazine rings is 1. The van der Waals surface area contributed by atoms with Crippen LogP contribution in [0.4, 0.5) is 4.39 Å². The van der Waals surface area contributed by atoms with E-state index >= 15 is 0 Å². The third-order valence-corrected chi connectivity index (χ3v) is 5.85. The zero-order valence-electron chi connectivity index (χ0n) is 18.1. The normalized spacial score (nSPS) is 17.8. The first-order valence-corrected chi connectivity index (χ1v) is 10.8. The Labute approximate surface area is 196 Å². The molecule has 1 aliphatic heterocycles. The second kappa shape index (κ2) is 12.4. The summed E-state index contributed by atoms with van der Waals surface area (Å²) in [6.45, 7) is 10.4. The summed E-state index contributed by atoms with van der Waals surface area (Å²) in [5, 5.41) is 6.63. The number of nitrogens with zero attached hydrogens (tertiary/aromatic N) is 3. The quantitative estimate of drug-likeness (QED) is 0.323. The maximum Gasteiger partial charge on any atom is 0.225 e. The van der Waals surface area contributed by atoms with E-state index in [1.165, 1.54) is 12.5 Å². The first kappa shape index (κ1) is 24.8. The van der Waals surface area contributed by atoms with E-state index in [0.717, 1.165) is 70.2 Å². The van der Waals surface area contributed by atoms with Gasteiger partial charge in [0.05, 0.1) is 6.54 Å². The first-order chi connectivity index (χ1) is 14.1. The molecule has 1 heterocycles. The van der Waals surface area contributed by atoms with E-state index < -0.39 is 0 Å². The maximum atomic E-state index is 13.4. The van der Waals surface area contributed by atoms with E-state index in [9.17, 15) is 9.18 Å². The van der Waals surface area contributed by atoms with E-state index in [1.54, 1.807) is 13.0 Å². The van der Waals surface area contributed by atoms with Crippen LogP contribution in [0.15, 0.2) is 23.2 Å². The van der Waals surface area contributed by atoms with Crippen LogP contribution in [-0.2, 0) is 11.3 Å². The largest absolute Gasteiger partial charge is 0.357 e. The minimum absolute atomic E-state index is 0. The molecule has 8 heteroatoms. The molecule has 168 valence electrons. The second-order valence-electron chi connectivity index (χ2n) is 8.00. The monoisotopic (exact) mass is 531 g/mol. The summed E-state index contributed by atoms with van der Waals surface area (Å²) in [5.41, 5.74) is 1.64. The molecule has 0 spiro atoms. The Morgan fingerprint density at radius 1 is 1.20 bits per heavy atom. The molecule has 0 radical (unpaired) electrons. The number of aliphatic imine (C=N–C) groups is 1. The van der Waals surface area contributed by atoms with E-state index in [2.05, 4.69) is 20.5 Å². The van der Waals surface area contributed by atoms with Gasteiger partial charge in [0, 0.05) is 51.7 Å². The molecule has 1 aromatic carbocycles. The minimum atomic E-state index is -0.183. The highest BCUT2D eigenvalue weighted by Crippen LogP contribution is 2.28. The van der Waals surface area contributed by atoms with Crippen molar-refractivity contribution < 1.29 is 9.18 Å². The summed E-state index contributed by atoms with van der Waals surface area (Å²) in [6.07, 6.45) is 3.36. The van der Waals surface area contributed by atoms with Crippen molar-refractivity contribution in [1.29, 1.82) is 0 Å². The Hall–Kier alpha value is -1.42. The Bertz CT molecular complexity index is 717. The first-order valence-electron chi connectivity index (χ1n) is 10.8. The SMILES string of the molecule is CCNC(=NCc1ccc(F)c(C)c1)NCCN1CCN(C(=O)C2CCC2)CC1.I. The Balaban J connectivity index is 0.00000320. The second-order valence-corrected chi connectivity index (χ2v) is 8.00. The fourth-order valence-corrected chi connectivity index (χ4v) is 3.75. The molecule has 30 heavy (non-hydrogen) atoms. The van der Waals surface area contributed by atoms with Crippen LogP contribution in [0.25, 0.3) is 0 Å². The van der Waals surface area contributed by atoms with Crippen molar-refractivity contribution >= 4 is 35.8 Å². The van der Waals surface area contributed by atoms with Gasteiger partial charge in [0.2, 0.25) is 5.91 Å². The van der Waals surface area contributed by atoms with E-state index in [-0.39, 0.29) is 29.8 Å². The summed E-state index contributed by atoms with van der Waals surface area (Å²) in [6, 6.07) is 5.11. The van der Waals surface area contributed by atoms with Crippen LogP contribution >= 0.6 is 24.0 Å². The number of guanidine groups is 1. The lowest BCUT2D eigenvalue weighted by molar-refractivity contribution is -0.139. The smallest absolute Gasteiger partial charge is 0.225 e. The zero-order chi connectivity index (χ0) is 20.6. The van der Waals surface area contributed by atoms with Crippen LogP contribution in [0.3, 0.4) is 0 Å². The summed E-state index contributed by atoms with van der Waals surface area (Å²) in [7, 11) is 0. The third-order valence-electron chi connectivity index (χ3n) is 5.85. The number of nitrogens with one attached hydrogen (secondary N) is 2. The van der Waals surface area contributed by atoms with Crippen molar-refractivity contribution in [2.24, 2.45) is 10.9 Å². The van der Waals surface area contributed by atoms with E-state index in [1.807, 2.05) is 17.9 Å². The highest BCUT2D eigenvalue weighted by molar-refractivity contribution is 14.0. The Kier molecular flexibility index (Phi) is 10.3. The molecule has 2 aliphatic rings. The maximum absolute atomic E-state index is 13.4. The van der Waals surface area contributed by atoms with E-state index in [0.29, 0.717) is 23.9 Å². The molecule has 1 aromatic rings. The highest BCUT2D eigenvalue weighted by atomic mass is 127. The molecule has 2 N–H and O–H groups in total. The van der Waals surface area contributed by atoms with Gasteiger partial charge < -0.3 is 15.5 Å². The van der Waals surface area contributed by atoms with Gasteiger partial charge in [-0.3, -0.25) is 9.69 Å². The van der Waals surface area contributed by atoms with Gasteiger partial charge in [0.25, 0.3) is 0 Å². The van der Waals surface area contributed by atoms with Gasteiger partial charge in [0.15, 0.2) is 5.96 Å². The number of carbonyl (C=O) groups excluding carboxylic acids is 1. The fraction of sp³-hybridized carbons (Fsp3) is 0.636. The molecule has 2 fully saturated rings. The van der Waals surface area contributed by atoms with Crippen molar-refractivity contribution in [1.82, 2.24) is 20.4 Å². The summed E-state index contributed by atoms with van der Waals surface area (Å²) >= 11 is 0. The van der Waals surface area contributed by atoms with Crippen LogP contribution < -0.4 is 10.6 Å². The van der Waals surface area contributed by atoms with Gasteiger partial charge in [0.1, 0.15) is 5.82 Å². The molecule has 0 bridgehead atoms. The Morgan fingerprint density at radius 2 is 1.93 bits per heavy atom. The molecule has 3 rings (SSSR count). The lowest BCUT2D eigenvalue weighted by atomic mass is 9.84. The average molecular weight is 531 g/mol. The number of hydrogen-bond acceptors (Lipinski definition) is 3. The van der Waals surface area contributed by atoms with Crippen LogP contribution in [0, 0.1) is 18.7 Å². The number of hydrogen-bond donors (Lipinski definition) is 2. The molecule has 1 saturated carbocycles. The number of aryl methyl sites for hydroxylation is 1. The predicted octanol–water partition coefficient (Wildman–Crippen LogP) is 2.75. The van der Waals surface area contributed by atoms with Gasteiger partial charge in [-0.2, -0.15) is 0 Å². The predicted molar refractivity (Wildman–Crippen MR) is 130 cm³/mol. The van der Waals surface area contributed by atoms with Gasteiger partial charge >= 0.3 is 0 Å². The molecule has 0 atom stereocenters. The average Bonchev–Trinajstić information content (AvgIpc) is 2.68. The topological polar surface area (TPSA) is 60.0 Å². The van der Waals surface area contributed by atoms with Crippen LogP contribution in [0.5, 0.6) is 0 Å². The van der Waals surface area contributed by atoms with Crippen molar-refractivity contribution in [2.75, 3.05) is 45.8 Å². The summed E-state index contributed by atoms with van der Waals surface area (Å²) in [5.74, 6) is 1.25. The molecule has 1 aliphatic carbocycles. The molecule has 1 amide bonds. The number of benzene rings is 1. The number of halogens is 2. The van der Waals surface area contributed by atoms with Crippen LogP contribution in [0.2, 0.25) is 0 Å². The standard InChI is InChI=1S/C22H34FN5O.HI/c1-3-24-22(26-16-18-7-8-20(23)17(2)15-18)25-9-10-27-11-13-28(14-12-27)21(29)19-5-4-6-19;/h7-8,15,19H,3-6,9-14,16H2,1-2H3,(H2,24,25,26);1H. The highest BCUT2D eigenvalue weighted by Gasteiger charge is 2.30. The minimum Gasteiger partial charge on any atom is -0.357 e.